The van der Waals surface area contributed by atoms with Crippen molar-refractivity contribution in [2.75, 3.05) is 22.5 Å². The predicted octanol–water partition coefficient (Wildman–Crippen LogP) is 1.99. The molecule has 0 saturated carbocycles. The lowest BCUT2D eigenvalue weighted by atomic mass is 10.1. The largest absolute Gasteiger partial charge is 0.369 e. The van der Waals surface area contributed by atoms with Crippen LogP contribution in [0.5, 0.6) is 0 Å². The average Bonchev–Trinajstić information content (AvgIpc) is 3.21. The van der Waals surface area contributed by atoms with Gasteiger partial charge in [0.15, 0.2) is 5.13 Å². The highest BCUT2D eigenvalue weighted by Gasteiger charge is 2.35. The molecule has 2 aromatic rings. The molecular formula is C17H17FN4O3S2. The van der Waals surface area contributed by atoms with Crippen LogP contribution in [0.25, 0.3) is 0 Å². The van der Waals surface area contributed by atoms with Gasteiger partial charge in [-0.3, -0.25) is 14.4 Å². The lowest BCUT2D eigenvalue weighted by Crippen LogP contribution is -2.28. The monoisotopic (exact) mass is 408 g/mol. The fourth-order valence-corrected chi connectivity index (χ4v) is 4.15. The van der Waals surface area contributed by atoms with Gasteiger partial charge < -0.3 is 16.0 Å². The van der Waals surface area contributed by atoms with E-state index >= 15 is 0 Å². The number of aromatic nitrogens is 1. The number of amides is 3. The molecule has 1 aromatic heterocycles. The minimum Gasteiger partial charge on any atom is -0.369 e. The van der Waals surface area contributed by atoms with Gasteiger partial charge in [-0.25, -0.2) is 9.37 Å². The second-order valence-corrected chi connectivity index (χ2v) is 7.82. The molecule has 0 spiro atoms. The Kier molecular flexibility index (Phi) is 6.07. The highest BCUT2D eigenvalue weighted by molar-refractivity contribution is 7.99. The van der Waals surface area contributed by atoms with Crippen LogP contribution >= 0.6 is 23.1 Å². The van der Waals surface area contributed by atoms with E-state index in [0.29, 0.717) is 16.6 Å². The molecule has 1 fully saturated rings. The Hall–Kier alpha value is -2.46. The van der Waals surface area contributed by atoms with Crippen molar-refractivity contribution in [1.82, 2.24) is 4.98 Å². The van der Waals surface area contributed by atoms with Crippen LogP contribution in [0.15, 0.2) is 29.6 Å². The van der Waals surface area contributed by atoms with Gasteiger partial charge in [0.05, 0.1) is 17.4 Å². The van der Waals surface area contributed by atoms with Crippen molar-refractivity contribution in [3.8, 4) is 0 Å². The van der Waals surface area contributed by atoms with Crippen molar-refractivity contribution in [1.29, 1.82) is 0 Å². The van der Waals surface area contributed by atoms with Crippen LogP contribution in [-0.4, -0.2) is 35.0 Å². The van der Waals surface area contributed by atoms with Crippen LogP contribution < -0.4 is 16.0 Å². The van der Waals surface area contributed by atoms with Crippen molar-refractivity contribution in [2.45, 2.75) is 12.2 Å². The van der Waals surface area contributed by atoms with Crippen LogP contribution in [0.2, 0.25) is 0 Å². The van der Waals surface area contributed by atoms with Crippen molar-refractivity contribution >= 4 is 51.6 Å². The van der Waals surface area contributed by atoms with Crippen molar-refractivity contribution < 1.29 is 18.8 Å². The summed E-state index contributed by atoms with van der Waals surface area (Å²) in [5.74, 6) is -1.15. The third kappa shape index (κ3) is 5.04. The summed E-state index contributed by atoms with van der Waals surface area (Å²) in [5, 5.41) is 4.95. The molecule has 0 radical (unpaired) electrons. The summed E-state index contributed by atoms with van der Waals surface area (Å²) in [4.78, 5) is 41.1. The van der Waals surface area contributed by atoms with Gasteiger partial charge in [-0.15, -0.1) is 23.1 Å². The summed E-state index contributed by atoms with van der Waals surface area (Å²) in [5.41, 5.74) is 6.27. The third-order valence-corrected chi connectivity index (χ3v) is 5.69. The number of thioether (sulfide) groups is 1. The number of benzene rings is 1. The first-order chi connectivity index (χ1) is 12.9. The number of nitrogens with one attached hydrogen (secondary N) is 1. The van der Waals surface area contributed by atoms with E-state index in [2.05, 4.69) is 10.3 Å². The number of hydrogen-bond acceptors (Lipinski definition) is 6. The minimum atomic E-state index is -0.530. The lowest BCUT2D eigenvalue weighted by Gasteiger charge is -2.16. The maximum Gasteiger partial charge on any atom is 0.231 e. The zero-order valence-electron chi connectivity index (χ0n) is 14.2. The second-order valence-electron chi connectivity index (χ2n) is 5.98. The summed E-state index contributed by atoms with van der Waals surface area (Å²) in [6.07, 6.45) is 0.0645. The highest BCUT2D eigenvalue weighted by atomic mass is 32.2. The quantitative estimate of drug-likeness (QED) is 0.729. The Morgan fingerprint density at radius 2 is 2.26 bits per heavy atom. The average molecular weight is 408 g/mol. The molecule has 0 bridgehead atoms. The SMILES string of the molecule is NC(=O)CSCc1csc(NC(=O)C2CC(=O)N(c3cccc(F)c3)C2)n1. The summed E-state index contributed by atoms with van der Waals surface area (Å²) >= 11 is 2.62. The minimum absolute atomic E-state index is 0.0645. The van der Waals surface area contributed by atoms with Crippen LogP contribution in [0.1, 0.15) is 12.1 Å². The van der Waals surface area contributed by atoms with E-state index in [1.807, 2.05) is 0 Å². The molecule has 1 atom stereocenters. The van der Waals surface area contributed by atoms with E-state index in [1.54, 1.807) is 11.4 Å². The maximum absolute atomic E-state index is 13.4. The Bertz CT molecular complexity index is 873. The first-order valence-corrected chi connectivity index (χ1v) is 10.1. The van der Waals surface area contributed by atoms with Gasteiger partial charge in [-0.2, -0.15) is 0 Å². The number of carbonyl (C=O) groups excluding carboxylic acids is 3. The second kappa shape index (κ2) is 8.49. The number of anilines is 2. The molecule has 27 heavy (non-hydrogen) atoms. The Morgan fingerprint density at radius 3 is 3.00 bits per heavy atom. The maximum atomic E-state index is 13.4. The summed E-state index contributed by atoms with van der Waals surface area (Å²) in [7, 11) is 0. The topological polar surface area (TPSA) is 105 Å². The van der Waals surface area contributed by atoms with Gasteiger partial charge in [0.2, 0.25) is 17.7 Å². The molecular weight excluding hydrogens is 391 g/mol. The van der Waals surface area contributed by atoms with Gasteiger partial charge in [-0.1, -0.05) is 6.07 Å². The smallest absolute Gasteiger partial charge is 0.231 e. The molecule has 0 aliphatic carbocycles. The Morgan fingerprint density at radius 1 is 1.44 bits per heavy atom. The number of carbonyl (C=O) groups is 3. The van der Waals surface area contributed by atoms with Gasteiger partial charge in [-0.05, 0) is 18.2 Å². The molecule has 142 valence electrons. The van der Waals surface area contributed by atoms with Gasteiger partial charge in [0.1, 0.15) is 5.82 Å². The van der Waals surface area contributed by atoms with E-state index in [1.165, 1.54) is 46.2 Å². The summed E-state index contributed by atoms with van der Waals surface area (Å²) in [6.45, 7) is 0.195. The lowest BCUT2D eigenvalue weighted by molar-refractivity contribution is -0.122. The van der Waals surface area contributed by atoms with Crippen LogP contribution in [0.3, 0.4) is 0 Å². The predicted molar refractivity (Wildman–Crippen MR) is 103 cm³/mol. The van der Waals surface area contributed by atoms with Crippen molar-refractivity contribution in [2.24, 2.45) is 11.7 Å². The fourth-order valence-electron chi connectivity index (χ4n) is 2.67. The Balaban J connectivity index is 1.57. The van der Waals surface area contributed by atoms with E-state index < -0.39 is 17.6 Å². The van der Waals surface area contributed by atoms with Crippen LogP contribution in [0, 0.1) is 11.7 Å². The van der Waals surface area contributed by atoms with Crippen LogP contribution in [0.4, 0.5) is 15.2 Å². The molecule has 7 nitrogen and oxygen atoms in total. The normalized spacial score (nSPS) is 16.6. The molecule has 1 aliphatic heterocycles. The van der Waals surface area contributed by atoms with Gasteiger partial charge in [0.25, 0.3) is 0 Å². The zero-order chi connectivity index (χ0) is 19.4. The van der Waals surface area contributed by atoms with E-state index in [-0.39, 0.29) is 30.5 Å². The summed E-state index contributed by atoms with van der Waals surface area (Å²) in [6, 6.07) is 5.74. The van der Waals surface area contributed by atoms with Gasteiger partial charge in [0, 0.05) is 29.8 Å². The molecule has 2 heterocycles. The fraction of sp³-hybridized carbons (Fsp3) is 0.294. The summed E-state index contributed by atoms with van der Waals surface area (Å²) < 4.78 is 13.4. The number of rotatable bonds is 7. The first kappa shape index (κ1) is 19.3. The standard InChI is InChI=1S/C17H17FN4O3S2/c18-11-2-1-3-13(5-11)22-6-10(4-15(22)24)16(25)21-17-20-12(8-27-17)7-26-9-14(19)23/h1-3,5,8,10H,4,6-7,9H2,(H2,19,23)(H,20,21,25). The number of hydrogen-bond donors (Lipinski definition) is 2. The molecule has 3 rings (SSSR count). The molecule has 1 aliphatic rings. The number of nitrogens with two attached hydrogens (primary N) is 1. The number of halogens is 1. The Labute approximate surface area is 163 Å². The molecule has 10 heteroatoms. The zero-order valence-corrected chi connectivity index (χ0v) is 15.8. The van der Waals surface area contributed by atoms with E-state index in [4.69, 9.17) is 5.73 Å². The molecule has 3 amide bonds. The molecule has 1 aromatic carbocycles. The molecule has 1 saturated heterocycles. The van der Waals surface area contributed by atoms with Crippen LogP contribution in [-0.2, 0) is 20.1 Å². The highest BCUT2D eigenvalue weighted by Crippen LogP contribution is 2.27. The van der Waals surface area contributed by atoms with E-state index in [0.717, 1.165) is 5.69 Å². The first-order valence-electron chi connectivity index (χ1n) is 8.09. The van der Waals surface area contributed by atoms with E-state index in [9.17, 15) is 18.8 Å². The number of nitrogens with zero attached hydrogens (tertiary/aromatic N) is 2. The van der Waals surface area contributed by atoms with Crippen molar-refractivity contribution in [3.63, 3.8) is 0 Å². The molecule has 3 N–H and O–H groups in total. The van der Waals surface area contributed by atoms with Crippen molar-refractivity contribution in [3.05, 3.63) is 41.2 Å². The third-order valence-electron chi connectivity index (χ3n) is 3.89. The number of primary amides is 1. The number of thiazole rings is 1. The molecule has 1 unspecified atom stereocenters. The van der Waals surface area contributed by atoms with Gasteiger partial charge >= 0.3 is 0 Å².